The van der Waals surface area contributed by atoms with Crippen LogP contribution in [0.5, 0.6) is 5.75 Å². The smallest absolute Gasteiger partial charge is 0.261 e. The first-order valence-electron chi connectivity index (χ1n) is 8.75. The summed E-state index contributed by atoms with van der Waals surface area (Å²) in [6, 6.07) is 12.4. The molecule has 3 aromatic rings. The number of nitrogens with zero attached hydrogens (tertiary/aromatic N) is 1. The molecule has 0 saturated heterocycles. The van der Waals surface area contributed by atoms with Crippen molar-refractivity contribution in [2.24, 2.45) is 0 Å². The fourth-order valence-electron chi connectivity index (χ4n) is 2.62. The molecule has 0 aliphatic heterocycles. The molecule has 0 bridgehead atoms. The molecule has 9 heteroatoms. The Labute approximate surface area is 171 Å². The number of nitrogens with two attached hydrogens (primary N) is 1. The van der Waals surface area contributed by atoms with E-state index in [1.54, 1.807) is 24.3 Å². The van der Waals surface area contributed by atoms with Crippen molar-refractivity contribution >= 4 is 23.3 Å². The lowest BCUT2D eigenvalue weighted by Crippen LogP contribution is -2.18. The van der Waals surface area contributed by atoms with Gasteiger partial charge in [-0.15, -0.1) is 0 Å². The van der Waals surface area contributed by atoms with Gasteiger partial charge in [-0.1, -0.05) is 30.3 Å². The zero-order chi connectivity index (χ0) is 21.7. The zero-order valence-corrected chi connectivity index (χ0v) is 15.9. The van der Waals surface area contributed by atoms with Crippen LogP contribution in [0, 0.1) is 17.0 Å². The molecule has 7 nitrogen and oxygen atoms in total. The predicted octanol–water partition coefficient (Wildman–Crippen LogP) is 3.75. The van der Waals surface area contributed by atoms with Gasteiger partial charge in [0.15, 0.2) is 11.6 Å². The molecule has 0 spiro atoms. The number of carbonyl (C=O) groups is 1. The summed E-state index contributed by atoms with van der Waals surface area (Å²) < 4.78 is 39.2. The summed E-state index contributed by atoms with van der Waals surface area (Å²) in [4.78, 5) is 16.4. The van der Waals surface area contributed by atoms with E-state index in [-0.39, 0.29) is 35.3 Å². The molecule has 1 heterocycles. The van der Waals surface area contributed by atoms with Crippen LogP contribution < -0.4 is 15.8 Å². The fraction of sp³-hybridized carbons (Fsp3) is 0.0952. The molecule has 4 N–H and O–H groups in total. The van der Waals surface area contributed by atoms with E-state index in [1.165, 1.54) is 19.4 Å². The van der Waals surface area contributed by atoms with Crippen molar-refractivity contribution in [3.63, 3.8) is 0 Å². The molecule has 1 amide bonds. The molecule has 3 rings (SSSR count). The van der Waals surface area contributed by atoms with E-state index < -0.39 is 23.1 Å². The zero-order valence-electron chi connectivity index (χ0n) is 15.9. The lowest BCUT2D eigenvalue weighted by molar-refractivity contribution is 0.101. The number of carbonyl (C=O) groups excluding carboxylic acids is 1. The Balaban J connectivity index is 1.83. The maximum absolute atomic E-state index is 14.8. The van der Waals surface area contributed by atoms with E-state index in [9.17, 15) is 13.6 Å². The summed E-state index contributed by atoms with van der Waals surface area (Å²) in [5.41, 5.74) is 5.86. The van der Waals surface area contributed by atoms with Crippen molar-refractivity contribution in [2.45, 2.75) is 6.61 Å². The third-order valence-corrected chi connectivity index (χ3v) is 4.15. The summed E-state index contributed by atoms with van der Waals surface area (Å²) in [7, 11) is 1.28. The van der Waals surface area contributed by atoms with Crippen LogP contribution in [0.2, 0.25) is 0 Å². The van der Waals surface area contributed by atoms with E-state index >= 15 is 0 Å². The molecule has 2 aromatic carbocycles. The van der Waals surface area contributed by atoms with E-state index in [2.05, 4.69) is 10.3 Å². The monoisotopic (exact) mass is 412 g/mol. The van der Waals surface area contributed by atoms with Crippen LogP contribution in [0.15, 0.2) is 54.7 Å². The maximum Gasteiger partial charge on any atom is 0.261 e. The normalized spacial score (nSPS) is 10.4. The van der Waals surface area contributed by atoms with Crippen LogP contribution in [-0.2, 0) is 11.3 Å². The molecular formula is C21H18F2N4O3. The highest BCUT2D eigenvalue weighted by Crippen LogP contribution is 2.25. The quantitative estimate of drug-likeness (QED) is 0.422. The lowest BCUT2D eigenvalue weighted by Gasteiger charge is -2.12. The number of anilines is 2. The van der Waals surface area contributed by atoms with Gasteiger partial charge in [-0.3, -0.25) is 10.2 Å². The van der Waals surface area contributed by atoms with Gasteiger partial charge in [0.1, 0.15) is 23.8 Å². The first-order valence-corrected chi connectivity index (χ1v) is 8.75. The summed E-state index contributed by atoms with van der Waals surface area (Å²) in [5, 5.41) is 10.0. The minimum atomic E-state index is -1.13. The van der Waals surface area contributed by atoms with Crippen molar-refractivity contribution in [1.29, 1.82) is 5.41 Å². The third-order valence-electron chi connectivity index (χ3n) is 4.15. The van der Waals surface area contributed by atoms with Crippen LogP contribution in [0.1, 0.15) is 21.5 Å². The van der Waals surface area contributed by atoms with E-state index in [0.717, 1.165) is 17.7 Å². The average molecular weight is 412 g/mol. The molecule has 0 radical (unpaired) electrons. The number of hydrogen-bond acceptors (Lipinski definition) is 6. The molecule has 0 fully saturated rings. The number of benzene rings is 2. The van der Waals surface area contributed by atoms with Gasteiger partial charge in [-0.25, -0.2) is 13.8 Å². The number of pyridine rings is 1. The lowest BCUT2D eigenvalue weighted by atomic mass is 10.1. The summed E-state index contributed by atoms with van der Waals surface area (Å²) in [6.07, 6.45) is 1.20. The minimum absolute atomic E-state index is 0.00789. The summed E-state index contributed by atoms with van der Waals surface area (Å²) >= 11 is 0. The molecular weight excluding hydrogens is 394 g/mol. The Morgan fingerprint density at radius 3 is 2.63 bits per heavy atom. The molecule has 0 unspecified atom stereocenters. The molecule has 0 aliphatic rings. The van der Waals surface area contributed by atoms with Crippen LogP contribution in [0.4, 0.5) is 20.3 Å². The highest BCUT2D eigenvalue weighted by molar-refractivity contribution is 6.06. The predicted molar refractivity (Wildman–Crippen MR) is 108 cm³/mol. The number of halogens is 2. The standard InChI is InChI=1S/C21H18F2N4O3/c1-29-20(25)14-9-13(10-26-19(14)24)27-21(28)17-15(22)7-8-16(18(17)23)30-11-12-5-3-2-4-6-12/h2-10,25H,11H2,1H3,(H2,24,26)(H,27,28). The second-order valence-corrected chi connectivity index (χ2v) is 6.15. The Kier molecular flexibility index (Phi) is 6.21. The number of nitrogen functional groups attached to an aromatic ring is 1. The number of amides is 1. The average Bonchev–Trinajstić information content (AvgIpc) is 2.74. The Bertz CT molecular complexity index is 1090. The first kappa shape index (κ1) is 20.7. The minimum Gasteiger partial charge on any atom is -0.486 e. The number of nitrogens with one attached hydrogen (secondary N) is 2. The van der Waals surface area contributed by atoms with Gasteiger partial charge >= 0.3 is 0 Å². The topological polar surface area (TPSA) is 110 Å². The van der Waals surface area contributed by atoms with Gasteiger partial charge < -0.3 is 20.5 Å². The number of ether oxygens (including phenoxy) is 2. The van der Waals surface area contributed by atoms with Gasteiger partial charge in [-0.2, -0.15) is 0 Å². The number of aromatic nitrogens is 1. The fourth-order valence-corrected chi connectivity index (χ4v) is 2.62. The van der Waals surface area contributed by atoms with Gasteiger partial charge in [0.2, 0.25) is 5.90 Å². The summed E-state index contributed by atoms with van der Waals surface area (Å²) in [5.74, 6) is -3.75. The Morgan fingerprint density at radius 2 is 1.93 bits per heavy atom. The van der Waals surface area contributed by atoms with Crippen LogP contribution in [0.3, 0.4) is 0 Å². The largest absolute Gasteiger partial charge is 0.486 e. The Hall–Kier alpha value is -4.01. The van der Waals surface area contributed by atoms with Crippen molar-refractivity contribution in [3.8, 4) is 5.75 Å². The van der Waals surface area contributed by atoms with Crippen LogP contribution >= 0.6 is 0 Å². The molecule has 1 aromatic heterocycles. The molecule has 0 aliphatic carbocycles. The second-order valence-electron chi connectivity index (χ2n) is 6.15. The molecule has 0 atom stereocenters. The van der Waals surface area contributed by atoms with Crippen molar-refractivity contribution in [2.75, 3.05) is 18.2 Å². The van der Waals surface area contributed by atoms with Gasteiger partial charge in [-0.05, 0) is 23.8 Å². The molecule has 0 saturated carbocycles. The second kappa shape index (κ2) is 8.99. The summed E-state index contributed by atoms with van der Waals surface area (Å²) in [6.45, 7) is 0.0504. The Morgan fingerprint density at radius 1 is 1.20 bits per heavy atom. The van der Waals surface area contributed by atoms with Crippen LogP contribution in [-0.4, -0.2) is 23.9 Å². The highest BCUT2D eigenvalue weighted by atomic mass is 19.1. The van der Waals surface area contributed by atoms with E-state index in [1.807, 2.05) is 6.07 Å². The third kappa shape index (κ3) is 4.52. The van der Waals surface area contributed by atoms with Gasteiger partial charge in [0.25, 0.3) is 5.91 Å². The molecule has 154 valence electrons. The van der Waals surface area contributed by atoms with Crippen molar-refractivity contribution < 1.29 is 23.0 Å². The molecule has 30 heavy (non-hydrogen) atoms. The van der Waals surface area contributed by atoms with Crippen LogP contribution in [0.25, 0.3) is 0 Å². The van der Waals surface area contributed by atoms with E-state index in [4.69, 9.17) is 20.6 Å². The highest BCUT2D eigenvalue weighted by Gasteiger charge is 2.22. The van der Waals surface area contributed by atoms with Gasteiger partial charge in [0, 0.05) is 0 Å². The number of hydrogen-bond donors (Lipinski definition) is 3. The SMILES string of the molecule is COC(=N)c1cc(NC(=O)c2c(F)ccc(OCc3ccccc3)c2F)cnc1N. The van der Waals surface area contributed by atoms with Crippen molar-refractivity contribution in [1.82, 2.24) is 4.98 Å². The van der Waals surface area contributed by atoms with Gasteiger partial charge in [0.05, 0.1) is 24.6 Å². The number of rotatable bonds is 6. The van der Waals surface area contributed by atoms with E-state index in [0.29, 0.717) is 0 Å². The first-order chi connectivity index (χ1) is 14.4. The van der Waals surface area contributed by atoms with Crippen molar-refractivity contribution in [3.05, 3.63) is 83.1 Å². The maximum atomic E-state index is 14.8. The number of methoxy groups -OCH3 is 1.